The zero-order valence-corrected chi connectivity index (χ0v) is 14.6. The highest BCUT2D eigenvalue weighted by Gasteiger charge is 2.04. The maximum atomic E-state index is 6.03. The lowest BCUT2D eigenvalue weighted by Crippen LogP contribution is -1.96. The minimum atomic E-state index is 0.755. The van der Waals surface area contributed by atoms with E-state index in [1.807, 2.05) is 30.3 Å². The van der Waals surface area contributed by atoms with E-state index in [1.165, 1.54) is 11.2 Å². The summed E-state index contributed by atoms with van der Waals surface area (Å²) >= 11 is 12.6. The van der Waals surface area contributed by atoms with Crippen LogP contribution >= 0.6 is 50.6 Å². The molecule has 8 heteroatoms. The number of aromatic amines is 1. The van der Waals surface area contributed by atoms with Crippen molar-refractivity contribution in [2.75, 3.05) is 5.32 Å². The molecule has 0 aliphatic rings. The lowest BCUT2D eigenvalue weighted by molar-refractivity contribution is 0.973. The summed E-state index contributed by atoms with van der Waals surface area (Å²) in [7, 11) is 0. The number of aromatic nitrogens is 3. The number of H-pyrrole nitrogens is 1. The van der Waals surface area contributed by atoms with Crippen molar-refractivity contribution in [1.29, 1.82) is 0 Å². The summed E-state index contributed by atoms with van der Waals surface area (Å²) in [6, 6.07) is 10.2. The molecule has 0 atom stereocenters. The first-order chi connectivity index (χ1) is 10.2. The molecule has 0 bridgehead atoms. The molecule has 0 saturated heterocycles. The fourth-order valence-corrected chi connectivity index (χ4v) is 4.09. The topological polar surface area (TPSA) is 53.6 Å². The van der Waals surface area contributed by atoms with E-state index in [0.29, 0.717) is 0 Å². The van der Waals surface area contributed by atoms with Crippen molar-refractivity contribution < 1.29 is 0 Å². The van der Waals surface area contributed by atoms with Crippen LogP contribution in [-0.4, -0.2) is 15.2 Å². The number of thiophene rings is 1. The number of hydrogen-bond acceptors (Lipinski definition) is 5. The summed E-state index contributed by atoms with van der Waals surface area (Å²) in [5, 5.41) is 10.8. The van der Waals surface area contributed by atoms with Gasteiger partial charge in [0.05, 0.1) is 0 Å². The second kappa shape index (κ2) is 6.83. The largest absolute Gasteiger partial charge is 0.380 e. The second-order valence-electron chi connectivity index (χ2n) is 4.10. The third kappa shape index (κ3) is 4.00. The summed E-state index contributed by atoms with van der Waals surface area (Å²) in [6.45, 7) is 0.755. The van der Waals surface area contributed by atoms with Crippen molar-refractivity contribution in [2.45, 2.75) is 16.6 Å². The van der Waals surface area contributed by atoms with Gasteiger partial charge >= 0.3 is 0 Å². The molecule has 3 aromatic rings. The normalized spacial score (nSPS) is 10.8. The predicted octanol–water partition coefficient (Wildman–Crippen LogP) is 5.05. The first kappa shape index (κ1) is 14.9. The number of benzene rings is 1. The Balaban J connectivity index is 1.59. The van der Waals surface area contributed by atoms with Crippen molar-refractivity contribution in [1.82, 2.24) is 15.2 Å². The van der Waals surface area contributed by atoms with E-state index in [1.54, 1.807) is 23.1 Å². The van der Waals surface area contributed by atoms with Crippen LogP contribution in [0.3, 0.4) is 0 Å². The molecule has 0 aliphatic heterocycles. The van der Waals surface area contributed by atoms with E-state index in [2.05, 4.69) is 36.4 Å². The molecule has 0 radical (unpaired) electrons. The van der Waals surface area contributed by atoms with Crippen molar-refractivity contribution in [3.8, 4) is 0 Å². The van der Waals surface area contributed by atoms with E-state index in [0.717, 1.165) is 31.1 Å². The minimum Gasteiger partial charge on any atom is -0.380 e. The molecule has 2 heterocycles. The molecular weight excluding hydrogens is 392 g/mol. The molecule has 2 N–H and O–H groups in total. The van der Waals surface area contributed by atoms with Crippen molar-refractivity contribution >= 4 is 56.3 Å². The van der Waals surface area contributed by atoms with E-state index < -0.39 is 0 Å². The molecule has 21 heavy (non-hydrogen) atoms. The van der Waals surface area contributed by atoms with Crippen LogP contribution in [0.1, 0.15) is 4.88 Å². The molecule has 0 fully saturated rings. The van der Waals surface area contributed by atoms with Gasteiger partial charge in [0, 0.05) is 26.5 Å². The summed E-state index contributed by atoms with van der Waals surface area (Å²) in [6.07, 6.45) is 1.50. The number of nitrogens with zero attached hydrogens (tertiary/aromatic N) is 2. The molecule has 108 valence electrons. The maximum Gasteiger partial charge on any atom is 0.188 e. The van der Waals surface area contributed by atoms with Gasteiger partial charge in [0.1, 0.15) is 10.7 Å². The first-order valence-electron chi connectivity index (χ1n) is 6.01. The van der Waals surface area contributed by atoms with Gasteiger partial charge in [-0.25, -0.2) is 4.98 Å². The lowest BCUT2D eigenvalue weighted by atomic mass is 10.3. The number of rotatable bonds is 5. The summed E-state index contributed by atoms with van der Waals surface area (Å²) in [5.74, 6) is 0. The summed E-state index contributed by atoms with van der Waals surface area (Å²) in [4.78, 5) is 6.38. The molecule has 0 saturated carbocycles. The van der Waals surface area contributed by atoms with Gasteiger partial charge in [-0.1, -0.05) is 23.4 Å². The Labute approximate surface area is 143 Å². The molecule has 3 rings (SSSR count). The second-order valence-corrected chi connectivity index (χ2v) is 7.76. The zero-order chi connectivity index (χ0) is 14.7. The maximum absolute atomic E-state index is 6.03. The van der Waals surface area contributed by atoms with Crippen LogP contribution in [0, 0.1) is 0 Å². The molecule has 0 unspecified atom stereocenters. The fraction of sp³-hybridized carbons (Fsp3) is 0.0769. The van der Waals surface area contributed by atoms with Crippen LogP contribution < -0.4 is 5.32 Å². The highest BCUT2D eigenvalue weighted by molar-refractivity contribution is 9.10. The van der Waals surface area contributed by atoms with Crippen LogP contribution in [0.15, 0.2) is 51.2 Å². The third-order valence-electron chi connectivity index (χ3n) is 2.62. The minimum absolute atomic E-state index is 0.755. The molecule has 0 aliphatic carbocycles. The molecular formula is C13H10BrClN4S2. The lowest BCUT2D eigenvalue weighted by Gasteiger charge is -2.05. The Bertz CT molecular complexity index is 693. The number of hydrogen-bond donors (Lipinski definition) is 2. The monoisotopic (exact) mass is 400 g/mol. The third-order valence-corrected chi connectivity index (χ3v) is 6.00. The quantitative estimate of drug-likeness (QED) is 0.628. The van der Waals surface area contributed by atoms with Gasteiger partial charge < -0.3 is 5.32 Å². The van der Waals surface area contributed by atoms with Crippen molar-refractivity contribution in [3.63, 3.8) is 0 Å². The van der Waals surface area contributed by atoms with Crippen LogP contribution in [-0.2, 0) is 6.54 Å². The van der Waals surface area contributed by atoms with Crippen LogP contribution in [0.4, 0.5) is 5.69 Å². The molecule has 0 spiro atoms. The number of nitrogens with one attached hydrogen (secondary N) is 2. The van der Waals surface area contributed by atoms with Gasteiger partial charge in [-0.2, -0.15) is 5.10 Å². The molecule has 0 amide bonds. The molecule has 2 aromatic heterocycles. The standard InChI is InChI=1S/C13H10BrClN4S2/c14-11-5-10(20-12(11)15)6-16-8-1-3-9(4-2-8)21-13-17-7-18-19-13/h1-5,7,16H,6H2,(H,17,18,19). The van der Waals surface area contributed by atoms with Crippen LogP contribution in [0.5, 0.6) is 0 Å². The van der Waals surface area contributed by atoms with E-state index in [9.17, 15) is 0 Å². The van der Waals surface area contributed by atoms with Crippen molar-refractivity contribution in [2.24, 2.45) is 0 Å². The highest BCUT2D eigenvalue weighted by atomic mass is 79.9. The van der Waals surface area contributed by atoms with Gasteiger partial charge in [0.15, 0.2) is 5.16 Å². The van der Waals surface area contributed by atoms with Gasteiger partial charge in [-0.3, -0.25) is 5.10 Å². The SMILES string of the molecule is Clc1sc(CNc2ccc(Sc3ncn[nH]3)cc2)cc1Br. The van der Waals surface area contributed by atoms with Gasteiger partial charge in [-0.05, 0) is 46.3 Å². The van der Waals surface area contributed by atoms with Gasteiger partial charge in [-0.15, -0.1) is 11.3 Å². The Morgan fingerprint density at radius 2 is 2.14 bits per heavy atom. The molecule has 1 aromatic carbocycles. The van der Waals surface area contributed by atoms with Gasteiger partial charge in [0.2, 0.25) is 0 Å². The van der Waals surface area contributed by atoms with Crippen LogP contribution in [0.25, 0.3) is 0 Å². The smallest absolute Gasteiger partial charge is 0.188 e. The average molecular weight is 402 g/mol. The summed E-state index contributed by atoms with van der Waals surface area (Å²) in [5.41, 5.74) is 1.07. The van der Waals surface area contributed by atoms with Crippen molar-refractivity contribution in [3.05, 3.63) is 50.3 Å². The van der Waals surface area contributed by atoms with Gasteiger partial charge in [0.25, 0.3) is 0 Å². The Morgan fingerprint density at radius 3 is 2.76 bits per heavy atom. The first-order valence-corrected chi connectivity index (χ1v) is 8.82. The zero-order valence-electron chi connectivity index (χ0n) is 10.6. The fourth-order valence-electron chi connectivity index (χ4n) is 1.66. The Hall–Kier alpha value is -1.02. The van der Waals surface area contributed by atoms with Crippen LogP contribution in [0.2, 0.25) is 4.34 Å². The number of halogens is 2. The average Bonchev–Trinajstić information content (AvgIpc) is 3.09. The van der Waals surface area contributed by atoms with E-state index in [4.69, 9.17) is 11.6 Å². The van der Waals surface area contributed by atoms with E-state index in [-0.39, 0.29) is 0 Å². The summed E-state index contributed by atoms with van der Waals surface area (Å²) < 4.78 is 1.73. The number of anilines is 1. The molecule has 4 nitrogen and oxygen atoms in total. The van der Waals surface area contributed by atoms with E-state index >= 15 is 0 Å². The highest BCUT2D eigenvalue weighted by Crippen LogP contribution is 2.32. The Morgan fingerprint density at radius 1 is 1.33 bits per heavy atom. The Kier molecular flexibility index (Phi) is 4.84. The predicted molar refractivity (Wildman–Crippen MR) is 91.3 cm³/mol.